The number of halogens is 2. The Balaban J connectivity index is 1.39. The quantitative estimate of drug-likeness (QED) is 0.660. The zero-order valence-corrected chi connectivity index (χ0v) is 17.0. The molecule has 0 aliphatic carbocycles. The van der Waals surface area contributed by atoms with Crippen molar-refractivity contribution < 1.29 is 9.59 Å². The lowest BCUT2D eigenvalue weighted by Crippen LogP contribution is -2.24. The zero-order valence-electron chi connectivity index (χ0n) is 15.4. The van der Waals surface area contributed by atoms with Gasteiger partial charge in [-0.3, -0.25) is 9.59 Å². The molecule has 0 unspecified atom stereocenters. The molecule has 1 aliphatic heterocycles. The van der Waals surface area contributed by atoms with E-state index in [1.165, 1.54) is 10.9 Å². The second-order valence-corrected chi connectivity index (χ2v) is 7.61. The molecule has 0 spiro atoms. The van der Waals surface area contributed by atoms with Gasteiger partial charge < -0.3 is 10.2 Å². The number of hydrogen-bond donors (Lipinski definition) is 1. The molecular weight excluding hydrogens is 411 g/mol. The predicted molar refractivity (Wildman–Crippen MR) is 113 cm³/mol. The zero-order chi connectivity index (χ0) is 20.4. The number of nitrogens with one attached hydrogen (secondary N) is 1. The Bertz CT molecular complexity index is 1060. The van der Waals surface area contributed by atoms with Crippen molar-refractivity contribution in [3.8, 4) is 5.69 Å². The fourth-order valence-corrected chi connectivity index (χ4v) is 3.73. The van der Waals surface area contributed by atoms with Crippen LogP contribution in [0.1, 0.15) is 28.8 Å². The Morgan fingerprint density at radius 1 is 1.14 bits per heavy atom. The first-order chi connectivity index (χ1) is 14.0. The molecule has 2 heterocycles. The predicted octanol–water partition coefficient (Wildman–Crippen LogP) is 4.24. The molecule has 6 nitrogen and oxygen atoms in total. The summed E-state index contributed by atoms with van der Waals surface area (Å²) >= 11 is 12.1. The third kappa shape index (κ3) is 4.28. The van der Waals surface area contributed by atoms with Crippen LogP contribution < -0.4 is 10.2 Å². The molecule has 2 amide bonds. The summed E-state index contributed by atoms with van der Waals surface area (Å²) in [6.45, 7) is 1.14. The van der Waals surface area contributed by atoms with E-state index in [-0.39, 0.29) is 11.8 Å². The van der Waals surface area contributed by atoms with E-state index in [1.54, 1.807) is 29.3 Å². The van der Waals surface area contributed by atoms with Gasteiger partial charge in [0.1, 0.15) is 0 Å². The van der Waals surface area contributed by atoms with Crippen molar-refractivity contribution in [1.29, 1.82) is 0 Å². The monoisotopic (exact) mass is 428 g/mol. The molecule has 1 saturated heterocycles. The summed E-state index contributed by atoms with van der Waals surface area (Å²) in [6.07, 6.45) is 4.60. The molecule has 29 heavy (non-hydrogen) atoms. The maximum Gasteiger partial charge on any atom is 0.254 e. The van der Waals surface area contributed by atoms with Gasteiger partial charge in [-0.2, -0.15) is 5.10 Å². The third-order valence-electron chi connectivity index (χ3n) is 4.78. The minimum absolute atomic E-state index is 0.156. The van der Waals surface area contributed by atoms with Gasteiger partial charge >= 0.3 is 0 Å². The summed E-state index contributed by atoms with van der Waals surface area (Å²) in [5.41, 5.74) is 2.91. The molecule has 1 aromatic heterocycles. The Kier molecular flexibility index (Phi) is 5.56. The lowest BCUT2D eigenvalue weighted by atomic mass is 10.2. The van der Waals surface area contributed by atoms with Crippen LogP contribution in [0.4, 0.5) is 5.69 Å². The number of anilines is 1. The largest absolute Gasteiger partial charge is 0.348 e. The number of carbonyl (C=O) groups excluding carboxylic acids is 2. The van der Waals surface area contributed by atoms with Gasteiger partial charge in [0.15, 0.2) is 0 Å². The number of benzene rings is 2. The van der Waals surface area contributed by atoms with E-state index in [4.69, 9.17) is 23.2 Å². The lowest BCUT2D eigenvalue weighted by molar-refractivity contribution is -0.117. The van der Waals surface area contributed by atoms with E-state index in [2.05, 4.69) is 10.4 Å². The smallest absolute Gasteiger partial charge is 0.254 e. The van der Waals surface area contributed by atoms with Gasteiger partial charge in [-0.05, 0) is 42.3 Å². The van der Waals surface area contributed by atoms with Gasteiger partial charge in [0.25, 0.3) is 5.91 Å². The Hall–Kier alpha value is -2.83. The summed E-state index contributed by atoms with van der Waals surface area (Å²) < 4.78 is 1.54. The van der Waals surface area contributed by atoms with Crippen LogP contribution in [-0.2, 0) is 11.3 Å². The first-order valence-corrected chi connectivity index (χ1v) is 9.94. The highest BCUT2D eigenvalue weighted by atomic mass is 35.5. The molecule has 2 aromatic carbocycles. The number of rotatable bonds is 5. The highest BCUT2D eigenvalue weighted by Gasteiger charge is 2.21. The molecule has 3 aromatic rings. The normalized spacial score (nSPS) is 13.7. The third-order valence-corrected chi connectivity index (χ3v) is 5.31. The topological polar surface area (TPSA) is 67.2 Å². The Morgan fingerprint density at radius 2 is 1.93 bits per heavy atom. The van der Waals surface area contributed by atoms with Crippen LogP contribution in [0.3, 0.4) is 0 Å². The van der Waals surface area contributed by atoms with Crippen LogP contribution in [-0.4, -0.2) is 28.1 Å². The first-order valence-electron chi connectivity index (χ1n) is 9.19. The van der Waals surface area contributed by atoms with Crippen LogP contribution >= 0.6 is 23.2 Å². The van der Waals surface area contributed by atoms with E-state index in [0.717, 1.165) is 24.2 Å². The molecule has 0 saturated carbocycles. The van der Waals surface area contributed by atoms with E-state index < -0.39 is 0 Å². The average Bonchev–Trinajstić information content (AvgIpc) is 3.36. The molecule has 1 aliphatic rings. The van der Waals surface area contributed by atoms with Crippen LogP contribution in [0, 0.1) is 0 Å². The van der Waals surface area contributed by atoms with Crippen LogP contribution in [0.2, 0.25) is 10.0 Å². The summed E-state index contributed by atoms with van der Waals surface area (Å²) in [6, 6.07) is 12.7. The Labute approximate surface area is 178 Å². The second-order valence-electron chi connectivity index (χ2n) is 6.77. The molecular formula is C21H18Cl2N4O2. The fourth-order valence-electron chi connectivity index (χ4n) is 3.24. The van der Waals surface area contributed by atoms with Crippen LogP contribution in [0.15, 0.2) is 54.9 Å². The molecule has 0 radical (unpaired) electrons. The van der Waals surface area contributed by atoms with E-state index in [0.29, 0.717) is 34.3 Å². The van der Waals surface area contributed by atoms with Gasteiger partial charge in [-0.15, -0.1) is 0 Å². The summed E-state index contributed by atoms with van der Waals surface area (Å²) in [7, 11) is 0. The fraction of sp³-hybridized carbons (Fsp3) is 0.190. The maximum absolute atomic E-state index is 12.4. The molecule has 1 fully saturated rings. The number of hydrogen-bond acceptors (Lipinski definition) is 3. The highest BCUT2D eigenvalue weighted by molar-refractivity contribution is 6.35. The summed E-state index contributed by atoms with van der Waals surface area (Å²) in [5, 5.41) is 8.06. The molecule has 148 valence electrons. The van der Waals surface area contributed by atoms with Crippen molar-refractivity contribution in [3.63, 3.8) is 0 Å². The SMILES string of the molecule is O=C(NCc1ccc(N2CCCC2=O)cc1)c1cnn(-c2ccc(Cl)cc2Cl)c1. The van der Waals surface area contributed by atoms with Gasteiger partial charge in [0, 0.05) is 36.4 Å². The van der Waals surface area contributed by atoms with Gasteiger partial charge in [-0.1, -0.05) is 35.3 Å². The molecule has 8 heteroatoms. The van der Waals surface area contributed by atoms with E-state index >= 15 is 0 Å². The second kappa shape index (κ2) is 8.27. The molecule has 0 bridgehead atoms. The van der Waals surface area contributed by atoms with E-state index in [1.807, 2.05) is 24.3 Å². The number of carbonyl (C=O) groups is 2. The van der Waals surface area contributed by atoms with Gasteiger partial charge in [0.2, 0.25) is 5.91 Å². The van der Waals surface area contributed by atoms with Gasteiger partial charge in [-0.25, -0.2) is 4.68 Å². The summed E-state index contributed by atoms with van der Waals surface area (Å²) in [5.74, 6) is -0.0796. The van der Waals surface area contributed by atoms with Crippen molar-refractivity contribution in [2.75, 3.05) is 11.4 Å². The number of nitrogens with zero attached hydrogens (tertiary/aromatic N) is 3. The highest BCUT2D eigenvalue weighted by Crippen LogP contribution is 2.24. The van der Waals surface area contributed by atoms with Crippen molar-refractivity contribution in [2.24, 2.45) is 0 Å². The molecule has 0 atom stereocenters. The Morgan fingerprint density at radius 3 is 2.62 bits per heavy atom. The van der Waals surface area contributed by atoms with Crippen molar-refractivity contribution in [1.82, 2.24) is 15.1 Å². The van der Waals surface area contributed by atoms with Crippen molar-refractivity contribution >= 4 is 40.7 Å². The van der Waals surface area contributed by atoms with Crippen molar-refractivity contribution in [3.05, 3.63) is 76.0 Å². The summed E-state index contributed by atoms with van der Waals surface area (Å²) in [4.78, 5) is 26.1. The van der Waals surface area contributed by atoms with Crippen LogP contribution in [0.5, 0.6) is 0 Å². The first kappa shape index (κ1) is 19.5. The molecule has 1 N–H and O–H groups in total. The number of amides is 2. The maximum atomic E-state index is 12.4. The molecule has 4 rings (SSSR count). The minimum Gasteiger partial charge on any atom is -0.348 e. The average molecular weight is 429 g/mol. The van der Waals surface area contributed by atoms with Crippen LogP contribution in [0.25, 0.3) is 5.69 Å². The van der Waals surface area contributed by atoms with E-state index in [9.17, 15) is 9.59 Å². The van der Waals surface area contributed by atoms with Crippen molar-refractivity contribution in [2.45, 2.75) is 19.4 Å². The lowest BCUT2D eigenvalue weighted by Gasteiger charge is -2.16. The minimum atomic E-state index is -0.236. The number of aromatic nitrogens is 2. The standard InChI is InChI=1S/C21H18Cl2N4O2/c22-16-5-8-19(18(23)10-16)27-13-15(12-25-27)21(29)24-11-14-3-6-17(7-4-14)26-9-1-2-20(26)28/h3-8,10,12-13H,1-2,9,11H2,(H,24,29). The van der Waals surface area contributed by atoms with Gasteiger partial charge in [0.05, 0.1) is 22.5 Å².